The fourth-order valence-corrected chi connectivity index (χ4v) is 2.19. The molecule has 0 amide bonds. The number of hydrogen-bond acceptors (Lipinski definition) is 4. The molecule has 1 fully saturated rings. The van der Waals surface area contributed by atoms with Gasteiger partial charge in [-0.05, 0) is 18.0 Å². The highest BCUT2D eigenvalue weighted by atomic mass is 16.6. The van der Waals surface area contributed by atoms with Gasteiger partial charge in [0.2, 0.25) is 0 Å². The SMILES string of the molecule is CO[C@@H]1[CH]O[C@H](C)[C@@H](N=[N+]=[N-])[C@@H]1OCc1ccccc1. The number of azide groups is 1. The highest BCUT2D eigenvalue weighted by Gasteiger charge is 2.39. The Bertz CT molecular complexity index is 462. The lowest BCUT2D eigenvalue weighted by atomic mass is 9.98. The third-order valence-corrected chi connectivity index (χ3v) is 3.31. The molecule has 0 N–H and O–H groups in total. The molecule has 0 unspecified atom stereocenters. The van der Waals surface area contributed by atoms with E-state index in [1.165, 1.54) is 0 Å². The van der Waals surface area contributed by atoms with E-state index in [1.807, 2.05) is 37.3 Å². The summed E-state index contributed by atoms with van der Waals surface area (Å²) in [5.41, 5.74) is 9.75. The van der Waals surface area contributed by atoms with Gasteiger partial charge in [0.15, 0.2) is 0 Å². The first-order valence-corrected chi connectivity index (χ1v) is 6.47. The van der Waals surface area contributed by atoms with Crippen LogP contribution in [0.4, 0.5) is 0 Å². The summed E-state index contributed by atoms with van der Waals surface area (Å²) in [6, 6.07) is 9.41. The summed E-state index contributed by atoms with van der Waals surface area (Å²) < 4.78 is 16.7. The van der Waals surface area contributed by atoms with E-state index < -0.39 is 6.04 Å². The van der Waals surface area contributed by atoms with Gasteiger partial charge in [-0.25, -0.2) is 0 Å². The summed E-state index contributed by atoms with van der Waals surface area (Å²) in [5, 5.41) is 3.79. The quantitative estimate of drug-likeness (QED) is 0.471. The number of hydrogen-bond donors (Lipinski definition) is 0. The molecule has 1 radical (unpaired) electrons. The molecule has 1 aliphatic rings. The van der Waals surface area contributed by atoms with Crippen molar-refractivity contribution in [3.8, 4) is 0 Å². The fraction of sp³-hybridized carbons (Fsp3) is 0.500. The summed E-state index contributed by atoms with van der Waals surface area (Å²) in [7, 11) is 1.58. The Morgan fingerprint density at radius 3 is 2.75 bits per heavy atom. The normalized spacial score (nSPS) is 29.7. The molecule has 0 saturated carbocycles. The smallest absolute Gasteiger partial charge is 0.115 e. The van der Waals surface area contributed by atoms with Gasteiger partial charge in [0.1, 0.15) is 12.7 Å². The van der Waals surface area contributed by atoms with E-state index in [2.05, 4.69) is 10.0 Å². The predicted molar refractivity (Wildman–Crippen MR) is 73.6 cm³/mol. The molecule has 0 spiro atoms. The largest absolute Gasteiger partial charge is 0.376 e. The van der Waals surface area contributed by atoms with E-state index in [-0.39, 0.29) is 18.3 Å². The van der Waals surface area contributed by atoms with Crippen molar-refractivity contribution in [3.05, 3.63) is 52.9 Å². The minimum atomic E-state index is -0.418. The van der Waals surface area contributed by atoms with Gasteiger partial charge in [0, 0.05) is 12.0 Å². The molecule has 4 atom stereocenters. The van der Waals surface area contributed by atoms with E-state index in [1.54, 1.807) is 13.7 Å². The Morgan fingerprint density at radius 1 is 1.35 bits per heavy atom. The van der Waals surface area contributed by atoms with Gasteiger partial charge in [0.05, 0.1) is 24.9 Å². The second-order valence-corrected chi connectivity index (χ2v) is 4.63. The Kier molecular flexibility index (Phi) is 5.38. The van der Waals surface area contributed by atoms with Crippen LogP contribution in [0.15, 0.2) is 35.4 Å². The van der Waals surface area contributed by atoms with Crippen molar-refractivity contribution in [1.82, 2.24) is 0 Å². The van der Waals surface area contributed by atoms with Crippen molar-refractivity contribution in [1.29, 1.82) is 0 Å². The van der Waals surface area contributed by atoms with Crippen molar-refractivity contribution in [2.24, 2.45) is 5.11 Å². The second-order valence-electron chi connectivity index (χ2n) is 4.63. The molecule has 0 aromatic heterocycles. The molecule has 1 heterocycles. The second kappa shape index (κ2) is 7.26. The van der Waals surface area contributed by atoms with Crippen LogP contribution >= 0.6 is 0 Å². The van der Waals surface area contributed by atoms with Gasteiger partial charge in [-0.15, -0.1) is 0 Å². The van der Waals surface area contributed by atoms with Crippen molar-refractivity contribution in [2.45, 2.75) is 37.9 Å². The monoisotopic (exact) mass is 276 g/mol. The zero-order valence-electron chi connectivity index (χ0n) is 11.5. The van der Waals surface area contributed by atoms with Crippen LogP contribution in [0.1, 0.15) is 12.5 Å². The van der Waals surface area contributed by atoms with Crippen LogP contribution in [0.3, 0.4) is 0 Å². The lowest BCUT2D eigenvalue weighted by molar-refractivity contribution is -0.137. The van der Waals surface area contributed by atoms with Crippen LogP contribution in [0.5, 0.6) is 0 Å². The minimum absolute atomic E-state index is 0.238. The zero-order chi connectivity index (χ0) is 14.4. The van der Waals surface area contributed by atoms with E-state index in [0.29, 0.717) is 6.61 Å². The topological polar surface area (TPSA) is 76.5 Å². The molecule has 1 aromatic carbocycles. The third-order valence-electron chi connectivity index (χ3n) is 3.31. The summed E-state index contributed by atoms with van der Waals surface area (Å²) in [4.78, 5) is 2.88. The van der Waals surface area contributed by atoms with Crippen molar-refractivity contribution >= 4 is 0 Å². The van der Waals surface area contributed by atoms with Gasteiger partial charge in [-0.1, -0.05) is 35.4 Å². The lowest BCUT2D eigenvalue weighted by Crippen LogP contribution is -2.50. The van der Waals surface area contributed by atoms with Crippen molar-refractivity contribution in [3.63, 3.8) is 0 Å². The molecular formula is C14H18N3O3. The molecule has 6 heteroatoms. The van der Waals surface area contributed by atoms with Gasteiger partial charge in [-0.2, -0.15) is 0 Å². The number of ether oxygens (including phenoxy) is 3. The van der Waals surface area contributed by atoms with E-state index >= 15 is 0 Å². The van der Waals surface area contributed by atoms with E-state index in [9.17, 15) is 0 Å². The number of methoxy groups -OCH3 is 1. The van der Waals surface area contributed by atoms with Gasteiger partial charge < -0.3 is 14.2 Å². The molecule has 1 saturated heterocycles. The van der Waals surface area contributed by atoms with Crippen LogP contribution in [0, 0.1) is 6.61 Å². The molecule has 2 rings (SSSR count). The Labute approximate surface area is 118 Å². The molecule has 0 aliphatic carbocycles. The van der Waals surface area contributed by atoms with Crippen LogP contribution in [0.25, 0.3) is 10.4 Å². The highest BCUT2D eigenvalue weighted by molar-refractivity contribution is 5.13. The Morgan fingerprint density at radius 2 is 2.10 bits per heavy atom. The first kappa shape index (κ1) is 14.8. The fourth-order valence-electron chi connectivity index (χ4n) is 2.19. The first-order chi connectivity index (χ1) is 9.76. The van der Waals surface area contributed by atoms with Crippen molar-refractivity contribution in [2.75, 3.05) is 7.11 Å². The van der Waals surface area contributed by atoms with Gasteiger partial charge >= 0.3 is 0 Å². The molecule has 0 bridgehead atoms. The molecular weight excluding hydrogens is 258 g/mol. The maximum Gasteiger partial charge on any atom is 0.115 e. The third kappa shape index (κ3) is 3.49. The van der Waals surface area contributed by atoms with Gasteiger partial charge in [-0.3, -0.25) is 0 Å². The molecule has 107 valence electrons. The highest BCUT2D eigenvalue weighted by Crippen LogP contribution is 2.26. The zero-order valence-corrected chi connectivity index (χ0v) is 11.5. The van der Waals surface area contributed by atoms with Crippen LogP contribution in [0.2, 0.25) is 0 Å². The predicted octanol–water partition coefficient (Wildman–Crippen LogP) is 2.85. The lowest BCUT2D eigenvalue weighted by Gasteiger charge is -2.38. The Balaban J connectivity index is 2.08. The number of benzene rings is 1. The standard InChI is InChI=1S/C14H18N3O3/c1-10-13(16-17-15)14(12(18-2)9-19-10)20-8-11-6-4-3-5-7-11/h3-7,9-10,12-14H,8H2,1-2H3/t10-,12-,13-,14-/m1/s1. The molecule has 1 aromatic rings. The average molecular weight is 276 g/mol. The van der Waals surface area contributed by atoms with Gasteiger partial charge in [0.25, 0.3) is 0 Å². The maximum absolute atomic E-state index is 8.69. The average Bonchev–Trinajstić information content (AvgIpc) is 2.49. The number of rotatable bonds is 5. The first-order valence-electron chi connectivity index (χ1n) is 6.47. The molecule has 20 heavy (non-hydrogen) atoms. The molecule has 6 nitrogen and oxygen atoms in total. The van der Waals surface area contributed by atoms with Crippen LogP contribution < -0.4 is 0 Å². The minimum Gasteiger partial charge on any atom is -0.376 e. The van der Waals surface area contributed by atoms with Crippen LogP contribution in [-0.2, 0) is 20.8 Å². The van der Waals surface area contributed by atoms with E-state index in [0.717, 1.165) is 5.56 Å². The summed E-state index contributed by atoms with van der Waals surface area (Å²) >= 11 is 0. The number of nitrogens with zero attached hydrogens (tertiary/aromatic N) is 3. The Hall–Kier alpha value is -1.59. The van der Waals surface area contributed by atoms with Crippen LogP contribution in [-0.4, -0.2) is 31.5 Å². The van der Waals surface area contributed by atoms with Crippen molar-refractivity contribution < 1.29 is 14.2 Å². The maximum atomic E-state index is 8.69. The molecule has 1 aliphatic heterocycles. The summed E-state index contributed by atoms with van der Waals surface area (Å²) in [6.07, 6.45) is -0.955. The summed E-state index contributed by atoms with van der Waals surface area (Å²) in [6.45, 7) is 3.88. The van der Waals surface area contributed by atoms with E-state index in [4.69, 9.17) is 19.7 Å². The summed E-state index contributed by atoms with van der Waals surface area (Å²) in [5.74, 6) is 0.